The molecule has 1 atom stereocenters. The van der Waals surface area contributed by atoms with E-state index in [-0.39, 0.29) is 35.6 Å². The predicted molar refractivity (Wildman–Crippen MR) is 164 cm³/mol. The second-order valence-electron chi connectivity index (χ2n) is 13.7. The Morgan fingerprint density at radius 3 is 2.00 bits per heavy atom. The monoisotopic (exact) mass is 648 g/mol. The molecule has 0 bridgehead atoms. The summed E-state index contributed by atoms with van der Waals surface area (Å²) in [4.78, 5) is 0. The van der Waals surface area contributed by atoms with Crippen LogP contribution in [0.1, 0.15) is 97.1 Å². The molecule has 0 nitrogen and oxygen atoms in total. The van der Waals surface area contributed by atoms with E-state index >= 15 is 0 Å². The fraction of sp³-hybridized carbons (Fsp3) is 0.378. The first-order chi connectivity index (χ1) is 17.8. The molecule has 3 aromatic rings. The summed E-state index contributed by atoms with van der Waals surface area (Å²) in [5, 5.41) is 0. The first-order valence-corrected chi connectivity index (χ1v) is 17.9. The number of rotatable bonds is 3. The van der Waals surface area contributed by atoms with Crippen molar-refractivity contribution in [2.24, 2.45) is 5.92 Å². The molecule has 0 heterocycles. The Morgan fingerprint density at radius 2 is 1.43 bits per heavy atom. The average Bonchev–Trinajstić information content (AvgIpc) is 3.35. The number of hydrogen-bond donors (Lipinski definition) is 0. The van der Waals surface area contributed by atoms with Crippen molar-refractivity contribution in [1.82, 2.24) is 0 Å². The van der Waals surface area contributed by atoms with E-state index in [0.29, 0.717) is 5.92 Å². The molecule has 0 saturated carbocycles. The van der Waals surface area contributed by atoms with Gasteiger partial charge in [0.1, 0.15) is 0 Å². The molecule has 0 N–H and O–H groups in total. The molecule has 0 spiro atoms. The van der Waals surface area contributed by atoms with Crippen LogP contribution in [0.3, 0.4) is 0 Å². The normalized spacial score (nSPS) is 15.8. The topological polar surface area (TPSA) is 0 Å². The van der Waals surface area contributed by atoms with Crippen LogP contribution in [0, 0.1) is 5.92 Å². The maximum absolute atomic E-state index is 2.55. The van der Waals surface area contributed by atoms with Crippen LogP contribution in [-0.4, -0.2) is 3.21 Å². The van der Waals surface area contributed by atoms with E-state index < -0.39 is 21.3 Å². The van der Waals surface area contributed by atoms with Gasteiger partial charge in [-0.15, -0.1) is 0 Å². The molecule has 0 radical (unpaired) electrons. The smallest absolute Gasteiger partial charge is 1.00 e. The number of allylic oxidation sites excluding steroid dienone is 4. The van der Waals surface area contributed by atoms with Gasteiger partial charge in [-0.3, -0.25) is 0 Å². The van der Waals surface area contributed by atoms with Gasteiger partial charge in [-0.1, -0.05) is 0 Å². The molecule has 0 amide bonds. The van der Waals surface area contributed by atoms with Gasteiger partial charge in [0.25, 0.3) is 0 Å². The van der Waals surface area contributed by atoms with Gasteiger partial charge < -0.3 is 24.8 Å². The first-order valence-electron chi connectivity index (χ1n) is 14.3. The van der Waals surface area contributed by atoms with Crippen LogP contribution in [0.15, 0.2) is 75.6 Å². The number of hydrogen-bond acceptors (Lipinski definition) is 0. The molecule has 2 aliphatic rings. The zero-order valence-corrected chi connectivity index (χ0v) is 29.9. The minimum Gasteiger partial charge on any atom is -1.00 e. The van der Waals surface area contributed by atoms with Crippen molar-refractivity contribution in [3.8, 4) is 11.1 Å². The summed E-state index contributed by atoms with van der Waals surface area (Å²) in [6.45, 7) is 24.0. The zero-order chi connectivity index (χ0) is 27.6. The van der Waals surface area contributed by atoms with Crippen molar-refractivity contribution in [3.63, 3.8) is 0 Å². The predicted octanol–water partition coefficient (Wildman–Crippen LogP) is 3.32. The third kappa shape index (κ3) is 5.86. The van der Waals surface area contributed by atoms with Crippen LogP contribution < -0.4 is 28.1 Å². The molecule has 0 saturated heterocycles. The van der Waals surface area contributed by atoms with E-state index in [1.165, 1.54) is 33.4 Å². The van der Waals surface area contributed by atoms with Crippen molar-refractivity contribution in [3.05, 3.63) is 103 Å². The Morgan fingerprint density at radius 1 is 0.800 bits per heavy atom. The van der Waals surface area contributed by atoms with Gasteiger partial charge >= 0.3 is 240 Å². The molecular weight excluding hydrogens is 607 g/mol. The van der Waals surface area contributed by atoms with Crippen LogP contribution in [0.2, 0.25) is 0 Å². The third-order valence-electron chi connectivity index (χ3n) is 8.53. The molecule has 0 fully saturated rings. The third-order valence-corrected chi connectivity index (χ3v) is 17.0. The van der Waals surface area contributed by atoms with Crippen LogP contribution in [-0.2, 0) is 38.5 Å². The van der Waals surface area contributed by atoms with Gasteiger partial charge in [-0.25, -0.2) is 0 Å². The van der Waals surface area contributed by atoms with Gasteiger partial charge in [0, 0.05) is 0 Å². The summed E-state index contributed by atoms with van der Waals surface area (Å²) in [7, 11) is 0. The van der Waals surface area contributed by atoms with Crippen molar-refractivity contribution in [2.45, 2.75) is 86.5 Å². The number of benzene rings is 3. The average molecular weight is 651 g/mol. The summed E-state index contributed by atoms with van der Waals surface area (Å²) < 4.78 is 5.22. The second kappa shape index (κ2) is 12.0. The van der Waals surface area contributed by atoms with Gasteiger partial charge in [0.05, 0.1) is 0 Å². The fourth-order valence-electron chi connectivity index (χ4n) is 6.60. The standard InChI is InChI=1S/C21H25.C13H13.C3H6.2ClH.Zr/c1-20(2,3)16-7-9-18-14(12-16)11-15-13-17(21(4,5)6)8-10-19(15)18;1-10-8-11(2)13(9-10)12-6-4-3-5-7-12;1-3-2;;;/h7-10,12H,11H2,1-6H3;3-7,9-10H,1-2H3;1-2H3;2*1H;/q;;;;;+2/p-2. The van der Waals surface area contributed by atoms with Crippen molar-refractivity contribution >= 4 is 12.1 Å². The van der Waals surface area contributed by atoms with Gasteiger partial charge in [0.15, 0.2) is 0 Å². The Kier molecular flexibility index (Phi) is 9.89. The summed E-state index contributed by atoms with van der Waals surface area (Å²) in [6.07, 6.45) is 3.62. The Labute approximate surface area is 263 Å². The summed E-state index contributed by atoms with van der Waals surface area (Å²) in [5.74, 6) is 0.495. The molecule has 2 aliphatic carbocycles. The quantitative estimate of drug-likeness (QED) is 0.320. The number of halogens is 2. The first kappa shape index (κ1) is 33.0. The van der Waals surface area contributed by atoms with E-state index in [0.717, 1.165) is 6.42 Å². The Hall–Kier alpha value is -1.53. The summed E-state index contributed by atoms with van der Waals surface area (Å²) in [5.41, 5.74) is 13.8. The fourth-order valence-corrected chi connectivity index (χ4v) is 15.5. The maximum atomic E-state index is 2.55. The summed E-state index contributed by atoms with van der Waals surface area (Å²) >= 11 is -2.41. The van der Waals surface area contributed by atoms with E-state index in [1.54, 1.807) is 26.5 Å². The molecule has 0 aromatic heterocycles. The van der Waals surface area contributed by atoms with E-state index in [9.17, 15) is 0 Å². The summed E-state index contributed by atoms with van der Waals surface area (Å²) in [6, 6.07) is 23.2. The van der Waals surface area contributed by atoms with E-state index in [4.69, 9.17) is 0 Å². The molecule has 5 rings (SSSR count). The molecule has 0 aliphatic heterocycles. The van der Waals surface area contributed by atoms with E-state index in [1.807, 2.05) is 0 Å². The van der Waals surface area contributed by atoms with Crippen molar-refractivity contribution in [1.29, 1.82) is 0 Å². The molecule has 3 heteroatoms. The van der Waals surface area contributed by atoms with Crippen molar-refractivity contribution < 1.29 is 46.1 Å². The largest absolute Gasteiger partial charge is 1.00 e. The molecule has 210 valence electrons. The minimum atomic E-state index is -2.41. The molecule has 1 unspecified atom stereocenters. The van der Waals surface area contributed by atoms with Gasteiger partial charge in [-0.2, -0.15) is 0 Å². The molecule has 3 aromatic carbocycles. The molecular formula is C37H44Cl2Zr. The van der Waals surface area contributed by atoms with Crippen molar-refractivity contribution in [2.75, 3.05) is 0 Å². The van der Waals surface area contributed by atoms with Crippen LogP contribution in [0.25, 0.3) is 16.7 Å². The Balaban J connectivity index is 0.00000220. The van der Waals surface area contributed by atoms with E-state index in [2.05, 4.69) is 136 Å². The maximum Gasteiger partial charge on any atom is -1.00 e. The van der Waals surface area contributed by atoms with Crippen LogP contribution >= 0.6 is 0 Å². The van der Waals surface area contributed by atoms with Gasteiger partial charge in [0.2, 0.25) is 0 Å². The van der Waals surface area contributed by atoms with Crippen LogP contribution in [0.4, 0.5) is 0 Å². The SMILES string of the molecule is CC1=[C]([Zr+2](=[C](C)C)[c]2c(C(C)(C)C)ccc3c2Cc2cc(C(C)(C)C)ccc2-3)C(C)C=C1c1ccccc1.[Cl-].[Cl-]. The van der Waals surface area contributed by atoms with Gasteiger partial charge in [-0.05, 0) is 0 Å². The Bertz CT molecular complexity index is 1520. The number of fused-ring (bicyclic) bond motifs is 3. The second-order valence-corrected chi connectivity index (χ2v) is 20.6. The molecule has 40 heavy (non-hydrogen) atoms. The zero-order valence-electron chi connectivity index (χ0n) is 25.9. The van der Waals surface area contributed by atoms with Crippen LogP contribution in [0.5, 0.6) is 0 Å². The minimum absolute atomic E-state index is 0.